The first-order chi connectivity index (χ1) is 13.9. The van der Waals surface area contributed by atoms with Crippen molar-refractivity contribution in [3.63, 3.8) is 0 Å². The van der Waals surface area contributed by atoms with E-state index in [1.807, 2.05) is 0 Å². The summed E-state index contributed by atoms with van der Waals surface area (Å²) in [6, 6.07) is 13.0. The van der Waals surface area contributed by atoms with E-state index in [0.717, 1.165) is 25.0 Å². The van der Waals surface area contributed by atoms with E-state index in [2.05, 4.69) is 10.1 Å². The van der Waals surface area contributed by atoms with Gasteiger partial charge in [-0.1, -0.05) is 18.2 Å². The lowest BCUT2D eigenvalue weighted by Gasteiger charge is -2.12. The Morgan fingerprint density at radius 1 is 1.10 bits per heavy atom. The van der Waals surface area contributed by atoms with Gasteiger partial charge in [-0.25, -0.2) is 0 Å². The van der Waals surface area contributed by atoms with E-state index >= 15 is 0 Å². The van der Waals surface area contributed by atoms with Crippen LogP contribution >= 0.6 is 0 Å². The maximum atomic E-state index is 12.4. The zero-order valence-corrected chi connectivity index (χ0v) is 15.7. The van der Waals surface area contributed by atoms with Crippen molar-refractivity contribution in [1.82, 2.24) is 5.32 Å². The second-order valence-electron chi connectivity index (χ2n) is 6.70. The molecule has 1 amide bonds. The second kappa shape index (κ2) is 9.65. The summed E-state index contributed by atoms with van der Waals surface area (Å²) in [6.07, 6.45) is -2.28. The van der Waals surface area contributed by atoms with Crippen molar-refractivity contribution in [1.29, 1.82) is 0 Å². The summed E-state index contributed by atoms with van der Waals surface area (Å²) in [4.78, 5) is 12.4. The van der Waals surface area contributed by atoms with Gasteiger partial charge in [-0.15, -0.1) is 0 Å². The summed E-state index contributed by atoms with van der Waals surface area (Å²) in [6.45, 7) is 0.105. The predicted octanol–water partition coefficient (Wildman–Crippen LogP) is 4.12. The number of ether oxygens (including phenoxy) is 3. The first-order valence-corrected chi connectivity index (χ1v) is 9.30. The summed E-state index contributed by atoms with van der Waals surface area (Å²) in [5.41, 5.74) is 1.20. The first-order valence-electron chi connectivity index (χ1n) is 9.30. The number of halogens is 3. The van der Waals surface area contributed by atoms with E-state index < -0.39 is 12.8 Å². The van der Waals surface area contributed by atoms with Crippen LogP contribution in [0.5, 0.6) is 11.5 Å². The summed E-state index contributed by atoms with van der Waals surface area (Å²) in [7, 11) is 0. The number of nitrogens with one attached hydrogen (secondary N) is 1. The van der Waals surface area contributed by atoms with Crippen molar-refractivity contribution >= 4 is 5.91 Å². The minimum Gasteiger partial charge on any atom is -0.491 e. The molecule has 8 heteroatoms. The molecule has 1 saturated heterocycles. The number of rotatable bonds is 8. The highest BCUT2D eigenvalue weighted by Crippen LogP contribution is 2.19. The monoisotopic (exact) mass is 409 g/mol. The number of amides is 1. The van der Waals surface area contributed by atoms with Crippen molar-refractivity contribution in [2.24, 2.45) is 0 Å². The normalized spacial score (nSPS) is 16.4. The van der Waals surface area contributed by atoms with Gasteiger partial charge in [0.15, 0.2) is 6.61 Å². The van der Waals surface area contributed by atoms with Crippen LogP contribution in [0.3, 0.4) is 0 Å². The van der Waals surface area contributed by atoms with Crippen LogP contribution in [0.15, 0.2) is 48.5 Å². The van der Waals surface area contributed by atoms with E-state index in [1.54, 1.807) is 36.4 Å². The molecular formula is C21H22F3NO4. The lowest BCUT2D eigenvalue weighted by Crippen LogP contribution is -2.23. The van der Waals surface area contributed by atoms with Crippen molar-refractivity contribution in [2.45, 2.75) is 31.7 Å². The Morgan fingerprint density at radius 3 is 2.59 bits per heavy atom. The van der Waals surface area contributed by atoms with Crippen LogP contribution in [0, 0.1) is 0 Å². The Kier molecular flexibility index (Phi) is 6.98. The smallest absolute Gasteiger partial charge is 0.422 e. The fraction of sp³-hybridized carbons (Fsp3) is 0.381. The van der Waals surface area contributed by atoms with Gasteiger partial charge in [-0.2, -0.15) is 13.2 Å². The molecule has 1 fully saturated rings. The highest BCUT2D eigenvalue weighted by atomic mass is 19.4. The number of carbonyl (C=O) groups is 1. The fourth-order valence-corrected chi connectivity index (χ4v) is 2.85. The number of alkyl halides is 3. The Hall–Kier alpha value is -2.74. The molecule has 1 unspecified atom stereocenters. The maximum absolute atomic E-state index is 12.4. The quantitative estimate of drug-likeness (QED) is 0.713. The van der Waals surface area contributed by atoms with Crippen LogP contribution in [0.2, 0.25) is 0 Å². The van der Waals surface area contributed by atoms with Crippen LogP contribution in [0.25, 0.3) is 0 Å². The molecule has 0 radical (unpaired) electrons. The van der Waals surface area contributed by atoms with Gasteiger partial charge in [0.05, 0.1) is 6.10 Å². The summed E-state index contributed by atoms with van der Waals surface area (Å²) in [5, 5.41) is 2.78. The van der Waals surface area contributed by atoms with Gasteiger partial charge in [-0.05, 0) is 48.7 Å². The maximum Gasteiger partial charge on any atom is 0.422 e. The number of benzene rings is 2. The van der Waals surface area contributed by atoms with Crippen molar-refractivity contribution in [3.8, 4) is 11.5 Å². The van der Waals surface area contributed by atoms with E-state index in [1.165, 1.54) is 12.1 Å². The number of hydrogen-bond acceptors (Lipinski definition) is 4. The molecule has 1 aliphatic heterocycles. The molecule has 156 valence electrons. The average Bonchev–Trinajstić information content (AvgIpc) is 3.23. The zero-order chi connectivity index (χ0) is 20.7. The molecule has 5 nitrogen and oxygen atoms in total. The Labute approximate surface area is 166 Å². The third kappa shape index (κ3) is 6.98. The van der Waals surface area contributed by atoms with Crippen molar-refractivity contribution < 1.29 is 32.2 Å². The molecular weight excluding hydrogens is 387 g/mol. The topological polar surface area (TPSA) is 56.8 Å². The van der Waals surface area contributed by atoms with E-state index in [0.29, 0.717) is 17.9 Å². The van der Waals surface area contributed by atoms with Crippen molar-refractivity contribution in [2.75, 3.05) is 19.8 Å². The molecule has 1 atom stereocenters. The molecule has 29 heavy (non-hydrogen) atoms. The third-order valence-electron chi connectivity index (χ3n) is 4.34. The number of carbonyl (C=O) groups excluding carboxylic acids is 1. The lowest BCUT2D eigenvalue weighted by atomic mass is 10.1. The molecule has 1 N–H and O–H groups in total. The Bertz CT molecular complexity index is 802. The fourth-order valence-electron chi connectivity index (χ4n) is 2.85. The summed E-state index contributed by atoms with van der Waals surface area (Å²) < 4.78 is 52.4. The molecule has 0 aromatic heterocycles. The SMILES string of the molecule is O=C(NCc1ccc(OCC(F)(F)F)cc1)c1cccc(OCC2CCCO2)c1. The third-order valence-corrected chi connectivity index (χ3v) is 4.34. The van der Waals surface area contributed by atoms with Gasteiger partial charge < -0.3 is 19.5 Å². The minimum absolute atomic E-state index is 0.0931. The molecule has 1 aliphatic rings. The van der Waals surface area contributed by atoms with Crippen LogP contribution in [-0.4, -0.2) is 38.0 Å². The highest BCUT2D eigenvalue weighted by molar-refractivity contribution is 5.94. The Balaban J connectivity index is 1.48. The average molecular weight is 409 g/mol. The first kappa shape index (κ1) is 21.0. The molecule has 1 heterocycles. The van der Waals surface area contributed by atoms with Crippen molar-refractivity contribution in [3.05, 3.63) is 59.7 Å². The number of hydrogen-bond donors (Lipinski definition) is 1. The van der Waals surface area contributed by atoms with Crippen LogP contribution in [-0.2, 0) is 11.3 Å². The van der Waals surface area contributed by atoms with Gasteiger partial charge in [0, 0.05) is 18.7 Å². The zero-order valence-electron chi connectivity index (χ0n) is 15.7. The molecule has 2 aromatic rings. The van der Waals surface area contributed by atoms with Gasteiger partial charge >= 0.3 is 6.18 Å². The van der Waals surface area contributed by atoms with Crippen LogP contribution < -0.4 is 14.8 Å². The second-order valence-corrected chi connectivity index (χ2v) is 6.70. The van der Waals surface area contributed by atoms with Gasteiger partial charge in [-0.3, -0.25) is 4.79 Å². The van der Waals surface area contributed by atoms with E-state index in [4.69, 9.17) is 9.47 Å². The lowest BCUT2D eigenvalue weighted by molar-refractivity contribution is -0.153. The molecule has 0 spiro atoms. The van der Waals surface area contributed by atoms with E-state index in [9.17, 15) is 18.0 Å². The van der Waals surface area contributed by atoms with E-state index in [-0.39, 0.29) is 24.3 Å². The molecule has 0 bridgehead atoms. The van der Waals surface area contributed by atoms with Crippen LogP contribution in [0.4, 0.5) is 13.2 Å². The largest absolute Gasteiger partial charge is 0.491 e. The van der Waals surface area contributed by atoms with Gasteiger partial charge in [0.2, 0.25) is 0 Å². The molecule has 0 saturated carbocycles. The van der Waals surface area contributed by atoms with Gasteiger partial charge in [0.1, 0.15) is 18.1 Å². The van der Waals surface area contributed by atoms with Crippen LogP contribution in [0.1, 0.15) is 28.8 Å². The summed E-state index contributed by atoms with van der Waals surface area (Å²) in [5.74, 6) is 0.442. The Morgan fingerprint density at radius 2 is 1.90 bits per heavy atom. The highest BCUT2D eigenvalue weighted by Gasteiger charge is 2.28. The van der Waals surface area contributed by atoms with Gasteiger partial charge in [0.25, 0.3) is 5.91 Å². The predicted molar refractivity (Wildman–Crippen MR) is 100 cm³/mol. The molecule has 3 rings (SSSR count). The molecule has 0 aliphatic carbocycles. The molecule has 2 aromatic carbocycles. The standard InChI is InChI=1S/C21H22F3NO4/c22-21(23,24)14-29-17-8-6-15(7-9-17)12-25-20(26)16-3-1-4-18(11-16)28-13-19-5-2-10-27-19/h1,3-4,6-9,11,19H,2,5,10,12-14H2,(H,25,26). The minimum atomic E-state index is -4.38. The summed E-state index contributed by atoms with van der Waals surface area (Å²) >= 11 is 0.